The van der Waals surface area contributed by atoms with Crippen molar-refractivity contribution in [1.82, 2.24) is 10.2 Å². The predicted molar refractivity (Wildman–Crippen MR) is 111 cm³/mol. The molecule has 0 spiro atoms. The molecular weight excluding hydrogens is 374 g/mol. The highest BCUT2D eigenvalue weighted by atomic mass is 32.2. The summed E-state index contributed by atoms with van der Waals surface area (Å²) in [6.45, 7) is 5.65. The SMILES string of the molecule is Cc1ccc(S(=O)(=O)Nc2ccc(C(=O)NC3CCN(C)CC3)cc2C)cc1. The lowest BCUT2D eigenvalue weighted by Gasteiger charge is -2.29. The summed E-state index contributed by atoms with van der Waals surface area (Å²) in [5.41, 5.74) is 2.70. The first-order chi connectivity index (χ1) is 13.2. The number of anilines is 1. The van der Waals surface area contributed by atoms with E-state index in [1.165, 1.54) is 0 Å². The van der Waals surface area contributed by atoms with Gasteiger partial charge in [-0.2, -0.15) is 0 Å². The zero-order valence-corrected chi connectivity index (χ0v) is 17.3. The number of rotatable bonds is 5. The van der Waals surface area contributed by atoms with Gasteiger partial charge in [0.2, 0.25) is 0 Å². The number of carbonyl (C=O) groups excluding carboxylic acids is 1. The minimum absolute atomic E-state index is 0.120. The largest absolute Gasteiger partial charge is 0.349 e. The molecule has 150 valence electrons. The third-order valence-corrected chi connectivity index (χ3v) is 6.50. The fourth-order valence-electron chi connectivity index (χ4n) is 3.26. The number of amides is 1. The maximum atomic E-state index is 12.6. The molecule has 0 bridgehead atoms. The zero-order valence-electron chi connectivity index (χ0n) is 16.5. The van der Waals surface area contributed by atoms with Gasteiger partial charge in [0.25, 0.3) is 15.9 Å². The van der Waals surface area contributed by atoms with Gasteiger partial charge in [0.15, 0.2) is 0 Å². The van der Waals surface area contributed by atoms with Gasteiger partial charge in [-0.05, 0) is 82.7 Å². The second kappa shape index (κ2) is 8.32. The van der Waals surface area contributed by atoms with Gasteiger partial charge in [0.1, 0.15) is 0 Å². The first-order valence-corrected chi connectivity index (χ1v) is 10.9. The summed E-state index contributed by atoms with van der Waals surface area (Å²) in [6.07, 6.45) is 1.88. The zero-order chi connectivity index (χ0) is 20.3. The lowest BCUT2D eigenvalue weighted by Crippen LogP contribution is -2.43. The number of benzene rings is 2. The van der Waals surface area contributed by atoms with Gasteiger partial charge in [-0.15, -0.1) is 0 Å². The Balaban J connectivity index is 1.69. The molecule has 0 aromatic heterocycles. The van der Waals surface area contributed by atoms with Crippen molar-refractivity contribution >= 4 is 21.6 Å². The third-order valence-electron chi connectivity index (χ3n) is 5.12. The van der Waals surface area contributed by atoms with E-state index in [0.29, 0.717) is 16.8 Å². The van der Waals surface area contributed by atoms with E-state index in [1.54, 1.807) is 49.4 Å². The fourth-order valence-corrected chi connectivity index (χ4v) is 4.39. The van der Waals surface area contributed by atoms with Gasteiger partial charge < -0.3 is 10.2 Å². The summed E-state index contributed by atoms with van der Waals surface area (Å²) < 4.78 is 27.8. The molecule has 2 aromatic carbocycles. The molecule has 0 saturated carbocycles. The van der Waals surface area contributed by atoms with Crippen LogP contribution in [-0.4, -0.2) is 45.4 Å². The number of likely N-dealkylation sites (tertiary alicyclic amines) is 1. The molecule has 1 aliphatic heterocycles. The molecule has 2 N–H and O–H groups in total. The lowest BCUT2D eigenvalue weighted by molar-refractivity contribution is 0.0917. The van der Waals surface area contributed by atoms with Crippen LogP contribution in [-0.2, 0) is 10.0 Å². The number of hydrogen-bond donors (Lipinski definition) is 2. The molecular formula is C21H27N3O3S. The molecule has 0 aliphatic carbocycles. The van der Waals surface area contributed by atoms with Gasteiger partial charge in [0.05, 0.1) is 10.6 Å². The van der Waals surface area contributed by atoms with Crippen LogP contribution in [0.1, 0.15) is 34.3 Å². The lowest BCUT2D eigenvalue weighted by atomic mass is 10.0. The van der Waals surface area contributed by atoms with E-state index in [0.717, 1.165) is 31.5 Å². The molecule has 2 aromatic rings. The number of hydrogen-bond acceptors (Lipinski definition) is 4. The molecule has 0 radical (unpaired) electrons. The monoisotopic (exact) mass is 401 g/mol. The summed E-state index contributed by atoms with van der Waals surface area (Å²) in [6, 6.07) is 11.9. The Morgan fingerprint density at radius 1 is 1.04 bits per heavy atom. The Bertz CT molecular complexity index is 947. The van der Waals surface area contributed by atoms with Crippen LogP contribution in [0, 0.1) is 13.8 Å². The standard InChI is InChI=1S/C21H27N3O3S/c1-15-4-7-19(8-5-15)28(26,27)23-20-9-6-17(14-16(20)2)21(25)22-18-10-12-24(3)13-11-18/h4-9,14,18,23H,10-13H2,1-3H3,(H,22,25). The van der Waals surface area contributed by atoms with Crippen molar-refractivity contribution in [2.75, 3.05) is 24.9 Å². The topological polar surface area (TPSA) is 78.5 Å². The Morgan fingerprint density at radius 3 is 2.29 bits per heavy atom. The minimum Gasteiger partial charge on any atom is -0.349 e. The van der Waals surface area contributed by atoms with Crippen LogP contribution >= 0.6 is 0 Å². The van der Waals surface area contributed by atoms with Gasteiger partial charge in [-0.25, -0.2) is 8.42 Å². The van der Waals surface area contributed by atoms with Crippen molar-refractivity contribution in [3.05, 3.63) is 59.2 Å². The summed E-state index contributed by atoms with van der Waals surface area (Å²) in [5, 5.41) is 3.08. The van der Waals surface area contributed by atoms with Crippen molar-refractivity contribution in [2.24, 2.45) is 0 Å². The van der Waals surface area contributed by atoms with E-state index in [2.05, 4.69) is 22.0 Å². The van der Waals surface area contributed by atoms with E-state index in [-0.39, 0.29) is 16.8 Å². The number of nitrogens with zero attached hydrogens (tertiary/aromatic N) is 1. The molecule has 7 heteroatoms. The van der Waals surface area contributed by atoms with Gasteiger partial charge in [-0.1, -0.05) is 17.7 Å². The first-order valence-electron chi connectivity index (χ1n) is 9.44. The molecule has 0 atom stereocenters. The molecule has 1 heterocycles. The number of carbonyl (C=O) groups is 1. The molecule has 1 fully saturated rings. The van der Waals surface area contributed by atoms with Gasteiger partial charge in [-0.3, -0.25) is 9.52 Å². The second-order valence-corrected chi connectivity index (χ2v) is 9.18. The summed E-state index contributed by atoms with van der Waals surface area (Å²) in [7, 11) is -1.59. The van der Waals surface area contributed by atoms with Crippen molar-refractivity contribution in [3.63, 3.8) is 0 Å². The normalized spacial score (nSPS) is 16.0. The van der Waals surface area contributed by atoms with E-state index in [4.69, 9.17) is 0 Å². The summed E-state index contributed by atoms with van der Waals surface area (Å²) >= 11 is 0. The van der Waals surface area contributed by atoms with Crippen LogP contribution in [0.25, 0.3) is 0 Å². The highest BCUT2D eigenvalue weighted by Gasteiger charge is 2.20. The predicted octanol–water partition coefficient (Wildman–Crippen LogP) is 2.93. The molecule has 0 unspecified atom stereocenters. The average molecular weight is 402 g/mol. The number of sulfonamides is 1. The van der Waals surface area contributed by atoms with Crippen LogP contribution in [0.5, 0.6) is 0 Å². The quantitative estimate of drug-likeness (QED) is 0.807. The molecule has 1 amide bonds. The smallest absolute Gasteiger partial charge is 0.261 e. The van der Waals surface area contributed by atoms with Crippen LogP contribution in [0.15, 0.2) is 47.4 Å². The van der Waals surface area contributed by atoms with Crippen molar-refractivity contribution < 1.29 is 13.2 Å². The molecule has 28 heavy (non-hydrogen) atoms. The van der Waals surface area contributed by atoms with Crippen LogP contribution in [0.4, 0.5) is 5.69 Å². The van der Waals surface area contributed by atoms with E-state index in [1.807, 2.05) is 6.92 Å². The van der Waals surface area contributed by atoms with Crippen molar-refractivity contribution in [1.29, 1.82) is 0 Å². The molecule has 1 aliphatic rings. The fraction of sp³-hybridized carbons (Fsp3) is 0.381. The van der Waals surface area contributed by atoms with E-state index >= 15 is 0 Å². The highest BCUT2D eigenvalue weighted by molar-refractivity contribution is 7.92. The number of aryl methyl sites for hydroxylation is 2. The maximum Gasteiger partial charge on any atom is 0.261 e. The Kier molecular flexibility index (Phi) is 6.05. The molecule has 1 saturated heterocycles. The third kappa shape index (κ3) is 4.91. The van der Waals surface area contributed by atoms with Crippen LogP contribution in [0.3, 0.4) is 0 Å². The summed E-state index contributed by atoms with van der Waals surface area (Å²) in [4.78, 5) is 15.0. The second-order valence-electron chi connectivity index (χ2n) is 7.50. The summed E-state index contributed by atoms with van der Waals surface area (Å²) in [5.74, 6) is -0.120. The van der Waals surface area contributed by atoms with Gasteiger partial charge >= 0.3 is 0 Å². The van der Waals surface area contributed by atoms with Crippen molar-refractivity contribution in [3.8, 4) is 0 Å². The Morgan fingerprint density at radius 2 is 1.68 bits per heavy atom. The van der Waals surface area contributed by atoms with E-state index < -0.39 is 10.0 Å². The first kappa shape index (κ1) is 20.4. The Labute approximate surface area is 167 Å². The average Bonchev–Trinajstić information content (AvgIpc) is 2.65. The van der Waals surface area contributed by atoms with Gasteiger partial charge in [0, 0.05) is 11.6 Å². The molecule has 6 nitrogen and oxygen atoms in total. The number of piperidine rings is 1. The van der Waals surface area contributed by atoms with Crippen LogP contribution in [0.2, 0.25) is 0 Å². The van der Waals surface area contributed by atoms with E-state index in [9.17, 15) is 13.2 Å². The maximum absolute atomic E-state index is 12.6. The minimum atomic E-state index is -3.67. The highest BCUT2D eigenvalue weighted by Crippen LogP contribution is 2.21. The number of nitrogens with one attached hydrogen (secondary N) is 2. The van der Waals surface area contributed by atoms with Crippen molar-refractivity contribution in [2.45, 2.75) is 37.6 Å². The molecule has 3 rings (SSSR count). The Hall–Kier alpha value is -2.38. The van der Waals surface area contributed by atoms with Crippen LogP contribution < -0.4 is 10.0 Å².